The first-order valence-corrected chi connectivity index (χ1v) is 5.66. The fourth-order valence-corrected chi connectivity index (χ4v) is 2.04. The van der Waals surface area contributed by atoms with Crippen LogP contribution in [0, 0.1) is 5.82 Å². The predicted molar refractivity (Wildman–Crippen MR) is 66.5 cm³/mol. The molecule has 17 heavy (non-hydrogen) atoms. The van der Waals surface area contributed by atoms with E-state index in [9.17, 15) is 9.18 Å². The number of hydrogen-bond acceptors (Lipinski definition) is 1. The Morgan fingerprint density at radius 1 is 1.12 bits per heavy atom. The van der Waals surface area contributed by atoms with E-state index in [1.54, 1.807) is 18.2 Å². The van der Waals surface area contributed by atoms with E-state index in [1.165, 1.54) is 12.1 Å². The number of rotatable bonds is 2. The Morgan fingerprint density at radius 3 is 2.41 bits per heavy atom. The summed E-state index contributed by atoms with van der Waals surface area (Å²) in [5.74, 6) is -1.68. The van der Waals surface area contributed by atoms with Crippen LogP contribution in [0.25, 0.3) is 11.1 Å². The minimum Gasteiger partial charge on any atom is -0.478 e. The second-order valence-electron chi connectivity index (χ2n) is 3.48. The van der Waals surface area contributed by atoms with Gasteiger partial charge in [-0.2, -0.15) is 0 Å². The molecular weight excluding hydrogens is 287 g/mol. The zero-order valence-electron chi connectivity index (χ0n) is 8.65. The molecule has 0 saturated carbocycles. The Balaban J connectivity index is 2.55. The molecule has 0 aromatic heterocycles. The molecular formula is C13H8BrFO2. The normalized spacial score (nSPS) is 10.2. The van der Waals surface area contributed by atoms with Gasteiger partial charge in [0, 0.05) is 10.0 Å². The smallest absolute Gasteiger partial charge is 0.335 e. The maximum Gasteiger partial charge on any atom is 0.335 e. The molecule has 0 heterocycles. The van der Waals surface area contributed by atoms with Gasteiger partial charge < -0.3 is 5.11 Å². The average molecular weight is 295 g/mol. The molecule has 0 spiro atoms. The summed E-state index contributed by atoms with van der Waals surface area (Å²) in [5, 5.41) is 8.75. The first kappa shape index (κ1) is 11.8. The number of carboxylic acid groups (broad SMARTS) is 1. The van der Waals surface area contributed by atoms with Gasteiger partial charge in [-0.3, -0.25) is 0 Å². The van der Waals surface area contributed by atoms with Gasteiger partial charge in [0.25, 0.3) is 0 Å². The summed E-state index contributed by atoms with van der Waals surface area (Å²) >= 11 is 3.33. The van der Waals surface area contributed by atoms with Crippen molar-refractivity contribution in [2.75, 3.05) is 0 Å². The summed E-state index contributed by atoms with van der Waals surface area (Å²) in [7, 11) is 0. The summed E-state index contributed by atoms with van der Waals surface area (Å²) in [6.07, 6.45) is 0. The maximum atomic E-state index is 13.8. The molecule has 2 nitrogen and oxygen atoms in total. The van der Waals surface area contributed by atoms with Gasteiger partial charge in [-0.25, -0.2) is 9.18 Å². The average Bonchev–Trinajstić information content (AvgIpc) is 2.30. The fourth-order valence-electron chi connectivity index (χ4n) is 1.55. The minimum atomic E-state index is -1.14. The number of hydrogen-bond donors (Lipinski definition) is 1. The molecule has 0 saturated heterocycles. The van der Waals surface area contributed by atoms with E-state index in [0.717, 1.165) is 10.5 Å². The van der Waals surface area contributed by atoms with Crippen molar-refractivity contribution in [2.45, 2.75) is 0 Å². The van der Waals surface area contributed by atoms with Gasteiger partial charge in [-0.05, 0) is 23.8 Å². The van der Waals surface area contributed by atoms with E-state index in [-0.39, 0.29) is 5.56 Å². The molecule has 0 aliphatic rings. The predicted octanol–water partition coefficient (Wildman–Crippen LogP) is 3.95. The zero-order valence-corrected chi connectivity index (χ0v) is 10.2. The van der Waals surface area contributed by atoms with Crippen molar-refractivity contribution in [3.05, 3.63) is 58.3 Å². The fraction of sp³-hybridized carbons (Fsp3) is 0. The van der Waals surface area contributed by atoms with Crippen molar-refractivity contribution >= 4 is 21.9 Å². The molecule has 0 unspecified atom stereocenters. The van der Waals surface area contributed by atoms with E-state index in [0.29, 0.717) is 11.1 Å². The summed E-state index contributed by atoms with van der Waals surface area (Å²) in [6.45, 7) is 0. The minimum absolute atomic E-state index is 0.0571. The standard InChI is InChI=1S/C13H8BrFO2/c14-11-4-2-1-3-9(11)10-6-5-8(13(16)17)7-12(10)15/h1-7H,(H,16,17). The third kappa shape index (κ3) is 2.36. The number of halogens is 2. The number of carbonyl (C=O) groups is 1. The Hall–Kier alpha value is -1.68. The first-order chi connectivity index (χ1) is 8.09. The van der Waals surface area contributed by atoms with Crippen molar-refractivity contribution in [1.29, 1.82) is 0 Å². The van der Waals surface area contributed by atoms with Gasteiger partial charge in [-0.1, -0.05) is 40.2 Å². The maximum absolute atomic E-state index is 13.8. The van der Waals surface area contributed by atoms with Crippen molar-refractivity contribution in [3.8, 4) is 11.1 Å². The lowest BCUT2D eigenvalue weighted by molar-refractivity contribution is 0.0696. The highest BCUT2D eigenvalue weighted by atomic mass is 79.9. The molecule has 0 fully saturated rings. The van der Waals surface area contributed by atoms with Crippen LogP contribution in [0.3, 0.4) is 0 Å². The topological polar surface area (TPSA) is 37.3 Å². The second kappa shape index (κ2) is 4.67. The number of benzene rings is 2. The Bertz CT molecular complexity index is 581. The van der Waals surface area contributed by atoms with Crippen LogP contribution in [0.2, 0.25) is 0 Å². The molecule has 4 heteroatoms. The zero-order chi connectivity index (χ0) is 12.4. The highest BCUT2D eigenvalue weighted by Crippen LogP contribution is 2.30. The molecule has 0 aliphatic carbocycles. The van der Waals surface area contributed by atoms with Crippen LogP contribution >= 0.6 is 15.9 Å². The number of carboxylic acids is 1. The van der Waals surface area contributed by atoms with E-state index < -0.39 is 11.8 Å². The Morgan fingerprint density at radius 2 is 1.82 bits per heavy atom. The summed E-state index contributed by atoms with van der Waals surface area (Å²) in [5.41, 5.74) is 1.02. The molecule has 0 amide bonds. The molecule has 0 aliphatic heterocycles. The van der Waals surface area contributed by atoms with Crippen LogP contribution in [-0.4, -0.2) is 11.1 Å². The quantitative estimate of drug-likeness (QED) is 0.910. The van der Waals surface area contributed by atoms with Crippen molar-refractivity contribution < 1.29 is 14.3 Å². The van der Waals surface area contributed by atoms with Crippen LogP contribution in [0.5, 0.6) is 0 Å². The largest absolute Gasteiger partial charge is 0.478 e. The van der Waals surface area contributed by atoms with E-state index >= 15 is 0 Å². The third-order valence-corrected chi connectivity index (χ3v) is 3.07. The van der Waals surface area contributed by atoms with E-state index in [2.05, 4.69) is 15.9 Å². The highest BCUT2D eigenvalue weighted by molar-refractivity contribution is 9.10. The van der Waals surface area contributed by atoms with E-state index in [1.807, 2.05) is 6.07 Å². The third-order valence-electron chi connectivity index (χ3n) is 2.38. The SMILES string of the molecule is O=C(O)c1ccc(-c2ccccc2Br)c(F)c1. The van der Waals surface area contributed by atoms with Gasteiger partial charge in [0.1, 0.15) is 5.82 Å². The van der Waals surface area contributed by atoms with Crippen LogP contribution < -0.4 is 0 Å². The van der Waals surface area contributed by atoms with Gasteiger partial charge in [-0.15, -0.1) is 0 Å². The molecule has 86 valence electrons. The van der Waals surface area contributed by atoms with Crippen LogP contribution in [0.1, 0.15) is 10.4 Å². The number of aromatic carboxylic acids is 1. The van der Waals surface area contributed by atoms with E-state index in [4.69, 9.17) is 5.11 Å². The monoisotopic (exact) mass is 294 g/mol. The lowest BCUT2D eigenvalue weighted by Gasteiger charge is -2.06. The molecule has 0 bridgehead atoms. The second-order valence-corrected chi connectivity index (χ2v) is 4.33. The summed E-state index contributed by atoms with van der Waals surface area (Å²) < 4.78 is 14.6. The molecule has 1 N–H and O–H groups in total. The highest BCUT2D eigenvalue weighted by Gasteiger charge is 2.11. The first-order valence-electron chi connectivity index (χ1n) is 4.87. The van der Waals surface area contributed by atoms with Crippen LogP contribution in [-0.2, 0) is 0 Å². The van der Waals surface area contributed by atoms with Crippen LogP contribution in [0.4, 0.5) is 4.39 Å². The molecule has 2 rings (SSSR count). The van der Waals surface area contributed by atoms with Gasteiger partial charge >= 0.3 is 5.97 Å². The Labute approximate surface area is 106 Å². The lowest BCUT2D eigenvalue weighted by atomic mass is 10.0. The molecule has 2 aromatic rings. The van der Waals surface area contributed by atoms with Gasteiger partial charge in [0.2, 0.25) is 0 Å². The van der Waals surface area contributed by atoms with Gasteiger partial charge in [0.15, 0.2) is 0 Å². The van der Waals surface area contributed by atoms with Gasteiger partial charge in [0.05, 0.1) is 5.56 Å². The van der Waals surface area contributed by atoms with Crippen molar-refractivity contribution in [1.82, 2.24) is 0 Å². The van der Waals surface area contributed by atoms with Crippen molar-refractivity contribution in [3.63, 3.8) is 0 Å². The van der Waals surface area contributed by atoms with Crippen molar-refractivity contribution in [2.24, 2.45) is 0 Å². The summed E-state index contributed by atoms with van der Waals surface area (Å²) in [4.78, 5) is 10.7. The molecule has 0 atom stereocenters. The molecule has 2 aromatic carbocycles. The lowest BCUT2D eigenvalue weighted by Crippen LogP contribution is -1.97. The Kier molecular flexibility index (Phi) is 3.24. The van der Waals surface area contributed by atoms with Crippen LogP contribution in [0.15, 0.2) is 46.9 Å². The molecule has 0 radical (unpaired) electrons. The summed E-state index contributed by atoms with van der Waals surface area (Å²) in [6, 6.07) is 11.1.